The average Bonchev–Trinajstić information content (AvgIpc) is 3.61. The molecule has 0 saturated heterocycles. The molecule has 1 amide bonds. The summed E-state index contributed by atoms with van der Waals surface area (Å²) in [6.07, 6.45) is 6.08. The summed E-state index contributed by atoms with van der Waals surface area (Å²) in [6.45, 7) is 5.90. The lowest BCUT2D eigenvalue weighted by molar-refractivity contribution is -0.119. The Bertz CT molecular complexity index is 1590. The largest absolute Gasteiger partial charge is 0.493 e. The number of fused-ring (bicyclic) bond motifs is 3. The van der Waals surface area contributed by atoms with Crippen LogP contribution in [0.1, 0.15) is 57.8 Å². The van der Waals surface area contributed by atoms with E-state index in [0.717, 1.165) is 46.7 Å². The maximum absolute atomic E-state index is 13.4. The molecule has 3 aromatic carbocycles. The third kappa shape index (κ3) is 5.11. The Morgan fingerprint density at radius 2 is 1.90 bits per heavy atom. The van der Waals surface area contributed by atoms with Crippen LogP contribution in [0.15, 0.2) is 73.1 Å². The van der Waals surface area contributed by atoms with E-state index >= 15 is 0 Å². The molecule has 40 heavy (non-hydrogen) atoms. The van der Waals surface area contributed by atoms with E-state index in [4.69, 9.17) is 4.74 Å². The summed E-state index contributed by atoms with van der Waals surface area (Å²) in [7, 11) is 0. The molecule has 1 fully saturated rings. The number of anilines is 1. The number of aryl methyl sites for hydroxylation is 1. The predicted molar refractivity (Wildman–Crippen MR) is 154 cm³/mol. The van der Waals surface area contributed by atoms with Gasteiger partial charge in [-0.1, -0.05) is 36.4 Å². The van der Waals surface area contributed by atoms with Crippen LogP contribution in [-0.2, 0) is 11.3 Å². The Labute approximate surface area is 234 Å². The van der Waals surface area contributed by atoms with E-state index in [1.807, 2.05) is 46.2 Å². The van der Waals surface area contributed by atoms with Crippen LogP contribution in [0.5, 0.6) is 5.75 Å². The van der Waals surface area contributed by atoms with Gasteiger partial charge in [-0.05, 0) is 90.6 Å². The highest BCUT2D eigenvalue weighted by Crippen LogP contribution is 2.57. The number of rotatable bonds is 9. The first-order valence-electron chi connectivity index (χ1n) is 13.9. The number of carboxylic acid groups (broad SMARTS) is 1. The van der Waals surface area contributed by atoms with Crippen LogP contribution >= 0.6 is 0 Å². The second-order valence-corrected chi connectivity index (χ2v) is 10.9. The maximum atomic E-state index is 13.4. The predicted octanol–water partition coefficient (Wildman–Crippen LogP) is 6.22. The van der Waals surface area contributed by atoms with Gasteiger partial charge in [0.25, 0.3) is 0 Å². The number of aromatic nitrogens is 2. The van der Waals surface area contributed by atoms with Gasteiger partial charge in [0.2, 0.25) is 5.91 Å². The van der Waals surface area contributed by atoms with E-state index in [-0.39, 0.29) is 11.5 Å². The smallest absolute Gasteiger partial charge is 0.335 e. The highest BCUT2D eigenvalue weighted by atomic mass is 16.5. The van der Waals surface area contributed by atoms with Crippen molar-refractivity contribution in [1.29, 1.82) is 0 Å². The molecule has 1 aromatic heterocycles. The summed E-state index contributed by atoms with van der Waals surface area (Å²) in [5.74, 6) is 1.06. The number of amides is 1. The monoisotopic (exact) mass is 535 g/mol. The van der Waals surface area contributed by atoms with Crippen LogP contribution in [0.25, 0.3) is 11.1 Å². The van der Waals surface area contributed by atoms with Crippen molar-refractivity contribution in [1.82, 2.24) is 9.78 Å². The molecular formula is C33H33N3O4. The lowest BCUT2D eigenvalue weighted by atomic mass is 9.92. The summed E-state index contributed by atoms with van der Waals surface area (Å²) in [5, 5.41) is 13.9. The Balaban J connectivity index is 1.16. The normalized spacial score (nSPS) is 17.2. The molecule has 2 heterocycles. The quantitative estimate of drug-likeness (QED) is 0.257. The zero-order chi connectivity index (χ0) is 27.8. The van der Waals surface area contributed by atoms with Gasteiger partial charge in [0.05, 0.1) is 24.9 Å². The first kappa shape index (κ1) is 25.9. The fourth-order valence-corrected chi connectivity index (χ4v) is 5.80. The van der Waals surface area contributed by atoms with Gasteiger partial charge in [0, 0.05) is 30.4 Å². The number of hydrogen-bond donors (Lipinski definition) is 1. The molecule has 2 atom stereocenters. The van der Waals surface area contributed by atoms with Crippen molar-refractivity contribution in [3.05, 3.63) is 101 Å². The number of aromatic carboxylic acids is 1. The number of ether oxygens (including phenoxy) is 1. The Morgan fingerprint density at radius 3 is 2.75 bits per heavy atom. The lowest BCUT2D eigenvalue weighted by Crippen LogP contribution is -2.36. The summed E-state index contributed by atoms with van der Waals surface area (Å²) in [4.78, 5) is 26.7. The van der Waals surface area contributed by atoms with Crippen molar-refractivity contribution in [2.75, 3.05) is 18.1 Å². The Morgan fingerprint density at radius 1 is 1.07 bits per heavy atom. The van der Waals surface area contributed by atoms with E-state index in [0.29, 0.717) is 37.8 Å². The molecule has 2 aliphatic rings. The molecule has 6 rings (SSSR count). The molecule has 0 radical (unpaired) electrons. The summed E-state index contributed by atoms with van der Waals surface area (Å²) >= 11 is 0. The van der Waals surface area contributed by atoms with E-state index in [9.17, 15) is 14.7 Å². The number of hydrogen-bond acceptors (Lipinski definition) is 4. The molecule has 1 saturated carbocycles. The molecule has 1 N–H and O–H groups in total. The number of carboxylic acids is 1. The van der Waals surface area contributed by atoms with Crippen molar-refractivity contribution in [2.45, 2.75) is 45.6 Å². The van der Waals surface area contributed by atoms with Crippen molar-refractivity contribution in [2.24, 2.45) is 5.92 Å². The highest BCUT2D eigenvalue weighted by Gasteiger charge is 2.47. The topological polar surface area (TPSA) is 84.7 Å². The van der Waals surface area contributed by atoms with E-state index < -0.39 is 5.97 Å². The van der Waals surface area contributed by atoms with Gasteiger partial charge in [0.15, 0.2) is 0 Å². The van der Waals surface area contributed by atoms with E-state index in [1.54, 1.807) is 18.2 Å². The maximum Gasteiger partial charge on any atom is 0.335 e. The number of carbonyl (C=O) groups is 2. The zero-order valence-electron chi connectivity index (χ0n) is 22.8. The van der Waals surface area contributed by atoms with Crippen LogP contribution in [0.2, 0.25) is 0 Å². The number of benzene rings is 3. The number of nitrogens with zero attached hydrogens (tertiary/aromatic N) is 3. The Kier molecular flexibility index (Phi) is 6.88. The van der Waals surface area contributed by atoms with Gasteiger partial charge in [-0.2, -0.15) is 5.10 Å². The zero-order valence-corrected chi connectivity index (χ0v) is 22.8. The van der Waals surface area contributed by atoms with Gasteiger partial charge in [-0.25, -0.2) is 4.79 Å². The first-order chi connectivity index (χ1) is 19.4. The third-order valence-electron chi connectivity index (χ3n) is 8.20. The van der Waals surface area contributed by atoms with Crippen LogP contribution in [-0.4, -0.2) is 39.9 Å². The SMILES string of the molecule is Cc1cccc(OCCCC(=O)N2CC3CC3c3c(-c4cnn(Cc5cccc(C(=O)O)c5)c4)cccc32)c1C. The molecular weight excluding hydrogens is 502 g/mol. The minimum Gasteiger partial charge on any atom is -0.493 e. The molecule has 1 aliphatic heterocycles. The molecule has 1 aliphatic carbocycles. The minimum absolute atomic E-state index is 0.141. The fourth-order valence-electron chi connectivity index (χ4n) is 5.80. The summed E-state index contributed by atoms with van der Waals surface area (Å²) in [5.41, 5.74) is 7.87. The van der Waals surface area contributed by atoms with Crippen LogP contribution in [0.3, 0.4) is 0 Å². The molecule has 7 heteroatoms. The van der Waals surface area contributed by atoms with Crippen LogP contribution in [0.4, 0.5) is 5.69 Å². The lowest BCUT2D eigenvalue weighted by Gasteiger charge is -2.30. The van der Waals surface area contributed by atoms with Gasteiger partial charge in [-0.3, -0.25) is 9.48 Å². The Hall–Kier alpha value is -4.39. The fraction of sp³-hybridized carbons (Fsp3) is 0.303. The molecule has 4 aromatic rings. The van der Waals surface area contributed by atoms with Crippen LogP contribution in [0, 0.1) is 19.8 Å². The van der Waals surface area contributed by atoms with Gasteiger partial charge < -0.3 is 14.7 Å². The van der Waals surface area contributed by atoms with E-state index in [2.05, 4.69) is 37.1 Å². The molecule has 0 bridgehead atoms. The second kappa shape index (κ2) is 10.6. The molecule has 0 spiro atoms. The second-order valence-electron chi connectivity index (χ2n) is 10.9. The van der Waals surface area contributed by atoms with Crippen molar-refractivity contribution >= 4 is 17.6 Å². The standard InChI is InChI=1S/C33H33N3O4/c1-21-7-3-12-30(22(21)2)40-14-6-13-31(37)36-20-25-16-28(25)32-27(10-5-11-29(32)36)26-17-34-35(19-26)18-23-8-4-9-24(15-23)33(38)39/h3-5,7-12,15,17,19,25,28H,6,13-14,16,18,20H2,1-2H3,(H,38,39). The van der Waals surface area contributed by atoms with Gasteiger partial charge in [0.1, 0.15) is 5.75 Å². The molecule has 7 nitrogen and oxygen atoms in total. The van der Waals surface area contributed by atoms with Crippen molar-refractivity contribution < 1.29 is 19.4 Å². The van der Waals surface area contributed by atoms with Gasteiger partial charge >= 0.3 is 5.97 Å². The third-order valence-corrected chi connectivity index (χ3v) is 8.20. The highest BCUT2D eigenvalue weighted by molar-refractivity contribution is 5.97. The summed E-state index contributed by atoms with van der Waals surface area (Å²) in [6, 6.07) is 19.2. The van der Waals surface area contributed by atoms with E-state index in [1.165, 1.54) is 11.1 Å². The number of carbonyl (C=O) groups excluding carboxylic acids is 1. The summed E-state index contributed by atoms with van der Waals surface area (Å²) < 4.78 is 7.82. The van der Waals surface area contributed by atoms with Crippen molar-refractivity contribution in [3.8, 4) is 16.9 Å². The first-order valence-corrected chi connectivity index (χ1v) is 13.9. The van der Waals surface area contributed by atoms with Crippen LogP contribution < -0.4 is 9.64 Å². The van der Waals surface area contributed by atoms with Gasteiger partial charge in [-0.15, -0.1) is 0 Å². The average molecular weight is 536 g/mol. The molecule has 2 unspecified atom stereocenters. The molecule has 204 valence electrons. The van der Waals surface area contributed by atoms with Crippen molar-refractivity contribution in [3.63, 3.8) is 0 Å². The minimum atomic E-state index is -0.939.